The van der Waals surface area contributed by atoms with E-state index in [1.165, 1.54) is 0 Å². The third-order valence-electron chi connectivity index (χ3n) is 2.66. The van der Waals surface area contributed by atoms with Crippen LogP contribution in [0, 0.1) is 5.92 Å². The molecule has 2 rings (SSSR count). The molecule has 1 aliphatic heterocycles. The van der Waals surface area contributed by atoms with E-state index in [0.717, 1.165) is 30.5 Å². The molecule has 1 atom stereocenters. The number of carboxylic acids is 1. The molecule has 3 nitrogen and oxygen atoms in total. The molecule has 1 heterocycles. The Balaban J connectivity index is 2.26. The largest absolute Gasteiger partial charge is 0.481 e. The Morgan fingerprint density at radius 2 is 2.46 bits per heavy atom. The van der Waals surface area contributed by atoms with Gasteiger partial charge in [0.15, 0.2) is 0 Å². The molecule has 1 unspecified atom stereocenters. The van der Waals surface area contributed by atoms with Crippen molar-refractivity contribution in [1.29, 1.82) is 0 Å². The molecule has 0 spiro atoms. The van der Waals surface area contributed by atoms with Gasteiger partial charge >= 0.3 is 5.97 Å². The van der Waals surface area contributed by atoms with Crippen molar-refractivity contribution in [1.82, 2.24) is 5.32 Å². The Kier molecular flexibility index (Phi) is 2.08. The van der Waals surface area contributed by atoms with Gasteiger partial charge in [0.1, 0.15) is 0 Å². The average Bonchev–Trinajstić information content (AvgIpc) is 2.36. The maximum Gasteiger partial charge on any atom is 0.312 e. The van der Waals surface area contributed by atoms with E-state index in [2.05, 4.69) is 11.4 Å². The number of carboxylic acid groups (broad SMARTS) is 1. The van der Waals surface area contributed by atoms with Gasteiger partial charge in [-0.2, -0.15) is 0 Å². The Morgan fingerprint density at radius 3 is 3.23 bits per heavy atom. The normalized spacial score (nSPS) is 26.6. The fourth-order valence-corrected chi connectivity index (χ4v) is 1.96. The van der Waals surface area contributed by atoms with E-state index in [1.54, 1.807) is 0 Å². The summed E-state index contributed by atoms with van der Waals surface area (Å²) >= 11 is 0. The minimum atomic E-state index is -0.701. The first kappa shape index (κ1) is 8.35. The number of allylic oxidation sites excluding steroid dienone is 2. The van der Waals surface area contributed by atoms with Gasteiger partial charge in [-0.3, -0.25) is 4.79 Å². The smallest absolute Gasteiger partial charge is 0.312 e. The molecule has 70 valence electrons. The second kappa shape index (κ2) is 3.24. The van der Waals surface area contributed by atoms with Crippen LogP contribution in [-0.4, -0.2) is 17.6 Å². The molecule has 2 aliphatic rings. The molecule has 0 aromatic heterocycles. The van der Waals surface area contributed by atoms with E-state index in [4.69, 9.17) is 5.11 Å². The quantitative estimate of drug-likeness (QED) is 0.637. The fourth-order valence-electron chi connectivity index (χ4n) is 1.96. The number of carbonyl (C=O) groups is 1. The summed E-state index contributed by atoms with van der Waals surface area (Å²) in [7, 11) is 0. The van der Waals surface area contributed by atoms with Crippen LogP contribution in [0.15, 0.2) is 23.4 Å². The average molecular weight is 179 g/mol. The summed E-state index contributed by atoms with van der Waals surface area (Å²) in [6.07, 6.45) is 7.18. The van der Waals surface area contributed by atoms with Gasteiger partial charge in [-0.05, 0) is 30.9 Å². The lowest BCUT2D eigenvalue weighted by molar-refractivity contribution is -0.140. The maximum atomic E-state index is 10.9. The van der Waals surface area contributed by atoms with Gasteiger partial charge in [-0.1, -0.05) is 6.08 Å². The van der Waals surface area contributed by atoms with Crippen molar-refractivity contribution >= 4 is 5.97 Å². The summed E-state index contributed by atoms with van der Waals surface area (Å²) in [6, 6.07) is 0. The summed E-state index contributed by atoms with van der Waals surface area (Å²) in [4.78, 5) is 10.9. The van der Waals surface area contributed by atoms with Crippen molar-refractivity contribution in [3.05, 3.63) is 23.4 Å². The molecule has 0 amide bonds. The highest BCUT2D eigenvalue weighted by molar-refractivity contribution is 5.75. The Hall–Kier alpha value is -1.25. The van der Waals surface area contributed by atoms with Crippen molar-refractivity contribution in [2.45, 2.75) is 19.3 Å². The number of aliphatic carboxylic acids is 1. The van der Waals surface area contributed by atoms with E-state index in [0.29, 0.717) is 6.54 Å². The predicted octanol–water partition coefficient (Wildman–Crippen LogP) is 1.28. The summed E-state index contributed by atoms with van der Waals surface area (Å²) in [5, 5.41) is 12.1. The third-order valence-corrected chi connectivity index (χ3v) is 2.66. The van der Waals surface area contributed by atoms with Crippen molar-refractivity contribution in [2.24, 2.45) is 5.92 Å². The first-order chi connectivity index (χ1) is 6.29. The molecule has 0 aromatic rings. The number of nitrogens with one attached hydrogen (secondary N) is 1. The summed E-state index contributed by atoms with van der Waals surface area (Å²) < 4.78 is 0. The highest BCUT2D eigenvalue weighted by Crippen LogP contribution is 2.28. The van der Waals surface area contributed by atoms with E-state index in [1.807, 2.05) is 6.08 Å². The monoisotopic (exact) mass is 179 g/mol. The van der Waals surface area contributed by atoms with Crippen molar-refractivity contribution < 1.29 is 9.90 Å². The first-order valence-electron chi connectivity index (χ1n) is 4.65. The molecule has 0 saturated carbocycles. The van der Waals surface area contributed by atoms with E-state index in [-0.39, 0.29) is 5.92 Å². The first-order valence-corrected chi connectivity index (χ1v) is 4.65. The number of rotatable bonds is 1. The Morgan fingerprint density at radius 1 is 1.62 bits per heavy atom. The minimum Gasteiger partial charge on any atom is -0.481 e. The highest BCUT2D eigenvalue weighted by Gasteiger charge is 2.29. The molecule has 13 heavy (non-hydrogen) atoms. The molecule has 1 aliphatic carbocycles. The Labute approximate surface area is 77.1 Å². The van der Waals surface area contributed by atoms with Crippen LogP contribution in [0.3, 0.4) is 0 Å². The van der Waals surface area contributed by atoms with E-state index < -0.39 is 5.97 Å². The van der Waals surface area contributed by atoms with E-state index >= 15 is 0 Å². The molecule has 0 fully saturated rings. The number of hydrogen-bond donors (Lipinski definition) is 2. The topological polar surface area (TPSA) is 49.3 Å². The Bertz CT molecular complexity index is 291. The SMILES string of the molecule is O=C(O)C1CNC2=C1CCCC=C2. The van der Waals surface area contributed by atoms with Gasteiger partial charge in [0, 0.05) is 12.2 Å². The van der Waals surface area contributed by atoms with Crippen molar-refractivity contribution in [3.63, 3.8) is 0 Å². The minimum absolute atomic E-state index is 0.294. The molecule has 0 radical (unpaired) electrons. The summed E-state index contributed by atoms with van der Waals surface area (Å²) in [5.74, 6) is -0.995. The second-order valence-corrected chi connectivity index (χ2v) is 3.51. The fraction of sp³-hybridized carbons (Fsp3) is 0.500. The van der Waals surface area contributed by atoms with Gasteiger partial charge in [0.2, 0.25) is 0 Å². The lowest BCUT2D eigenvalue weighted by Crippen LogP contribution is -2.20. The van der Waals surface area contributed by atoms with Crippen LogP contribution in [0.1, 0.15) is 19.3 Å². The second-order valence-electron chi connectivity index (χ2n) is 3.51. The predicted molar refractivity (Wildman–Crippen MR) is 49.1 cm³/mol. The zero-order chi connectivity index (χ0) is 9.26. The highest BCUT2D eigenvalue weighted by atomic mass is 16.4. The lowest BCUT2D eigenvalue weighted by atomic mass is 9.97. The van der Waals surface area contributed by atoms with Crippen molar-refractivity contribution in [2.75, 3.05) is 6.54 Å². The maximum absolute atomic E-state index is 10.9. The van der Waals surface area contributed by atoms with Crippen LogP contribution in [0.25, 0.3) is 0 Å². The molecule has 0 bridgehead atoms. The zero-order valence-corrected chi connectivity index (χ0v) is 7.42. The van der Waals surface area contributed by atoms with Gasteiger partial charge in [-0.25, -0.2) is 0 Å². The number of hydrogen-bond acceptors (Lipinski definition) is 2. The summed E-state index contributed by atoms with van der Waals surface area (Å²) in [6.45, 7) is 0.560. The molecule has 0 aromatic carbocycles. The molecule has 0 saturated heterocycles. The van der Waals surface area contributed by atoms with Crippen LogP contribution in [0.5, 0.6) is 0 Å². The molecular weight excluding hydrogens is 166 g/mol. The van der Waals surface area contributed by atoms with Crippen LogP contribution in [0.4, 0.5) is 0 Å². The van der Waals surface area contributed by atoms with Crippen LogP contribution in [-0.2, 0) is 4.79 Å². The zero-order valence-electron chi connectivity index (χ0n) is 7.42. The van der Waals surface area contributed by atoms with Gasteiger partial charge in [-0.15, -0.1) is 0 Å². The van der Waals surface area contributed by atoms with Gasteiger partial charge < -0.3 is 10.4 Å². The van der Waals surface area contributed by atoms with Gasteiger partial charge in [0.25, 0.3) is 0 Å². The van der Waals surface area contributed by atoms with Crippen LogP contribution >= 0.6 is 0 Å². The van der Waals surface area contributed by atoms with Crippen molar-refractivity contribution in [3.8, 4) is 0 Å². The van der Waals surface area contributed by atoms with Crippen LogP contribution < -0.4 is 5.32 Å². The third kappa shape index (κ3) is 1.46. The van der Waals surface area contributed by atoms with Gasteiger partial charge in [0.05, 0.1) is 5.92 Å². The standard InChI is InChI=1S/C10H13NO2/c12-10(13)8-6-11-9-5-3-1-2-4-7(8)9/h3,5,8,11H,1-2,4,6H2,(H,12,13). The van der Waals surface area contributed by atoms with E-state index in [9.17, 15) is 4.79 Å². The van der Waals surface area contributed by atoms with Crippen LogP contribution in [0.2, 0.25) is 0 Å². The molecule has 2 N–H and O–H groups in total. The molecule has 3 heteroatoms. The lowest BCUT2D eigenvalue weighted by Gasteiger charge is -2.07. The molecular formula is C10H13NO2. The summed E-state index contributed by atoms with van der Waals surface area (Å²) in [5.41, 5.74) is 2.13.